The quantitative estimate of drug-likeness (QED) is 0.569. The van der Waals surface area contributed by atoms with E-state index in [0.717, 1.165) is 16.2 Å². The SMILES string of the molecule is COc1cccc([C@H](CNC(=O)c2ccc([N+](=O)[O-])cc2Cl)[NH+](C)C)c1. The number of nitrogens with one attached hydrogen (secondary N) is 2. The number of methoxy groups -OCH3 is 1. The third-order valence-electron chi connectivity index (χ3n) is 4.07. The van der Waals surface area contributed by atoms with Gasteiger partial charge in [-0.25, -0.2) is 0 Å². The molecule has 0 radical (unpaired) electrons. The molecule has 7 nitrogen and oxygen atoms in total. The van der Waals surface area contributed by atoms with Gasteiger partial charge in [-0.15, -0.1) is 0 Å². The van der Waals surface area contributed by atoms with Crippen molar-refractivity contribution < 1.29 is 19.4 Å². The molecule has 0 saturated carbocycles. The summed E-state index contributed by atoms with van der Waals surface area (Å²) in [5.74, 6) is 0.373. The van der Waals surface area contributed by atoms with Gasteiger partial charge in [0.1, 0.15) is 11.8 Å². The van der Waals surface area contributed by atoms with Crippen LogP contribution in [0.2, 0.25) is 5.02 Å². The first-order chi connectivity index (χ1) is 12.3. The number of nitrogens with zero attached hydrogens (tertiary/aromatic N) is 1. The molecule has 8 heteroatoms. The van der Waals surface area contributed by atoms with Crippen molar-refractivity contribution in [3.63, 3.8) is 0 Å². The zero-order chi connectivity index (χ0) is 19.3. The molecular weight excluding hydrogens is 358 g/mol. The highest BCUT2D eigenvalue weighted by molar-refractivity contribution is 6.34. The Bertz CT molecular complexity index is 811. The van der Waals surface area contributed by atoms with E-state index < -0.39 is 4.92 Å². The number of rotatable bonds is 7. The average molecular weight is 379 g/mol. The second kappa shape index (κ2) is 8.64. The maximum Gasteiger partial charge on any atom is 0.270 e. The molecule has 2 aromatic rings. The fourth-order valence-corrected chi connectivity index (χ4v) is 2.87. The fourth-order valence-electron chi connectivity index (χ4n) is 2.61. The molecule has 1 atom stereocenters. The van der Waals surface area contributed by atoms with Crippen LogP contribution in [0.3, 0.4) is 0 Å². The molecule has 0 saturated heterocycles. The second-order valence-electron chi connectivity index (χ2n) is 6.04. The fraction of sp³-hybridized carbons (Fsp3) is 0.278. The van der Waals surface area contributed by atoms with E-state index in [0.29, 0.717) is 6.54 Å². The summed E-state index contributed by atoms with van der Waals surface area (Å²) in [6.45, 7) is 0.377. The van der Waals surface area contributed by atoms with Crippen molar-refractivity contribution in [2.45, 2.75) is 6.04 Å². The van der Waals surface area contributed by atoms with Gasteiger partial charge >= 0.3 is 0 Å². The Balaban J connectivity index is 2.13. The lowest BCUT2D eigenvalue weighted by Gasteiger charge is -2.22. The molecule has 0 heterocycles. The Morgan fingerprint density at radius 3 is 2.62 bits per heavy atom. The van der Waals surface area contributed by atoms with Crippen LogP contribution in [0.4, 0.5) is 5.69 Å². The maximum absolute atomic E-state index is 12.4. The first-order valence-corrected chi connectivity index (χ1v) is 8.37. The van der Waals surface area contributed by atoms with Crippen molar-refractivity contribution in [2.75, 3.05) is 27.7 Å². The molecule has 138 valence electrons. The number of ether oxygens (including phenoxy) is 1. The topological polar surface area (TPSA) is 85.9 Å². The predicted octanol–water partition coefficient (Wildman–Crippen LogP) is 1.87. The van der Waals surface area contributed by atoms with Crippen LogP contribution >= 0.6 is 11.6 Å². The minimum Gasteiger partial charge on any atom is -0.497 e. The number of benzene rings is 2. The van der Waals surface area contributed by atoms with Crippen LogP contribution in [-0.2, 0) is 0 Å². The van der Waals surface area contributed by atoms with E-state index >= 15 is 0 Å². The molecule has 26 heavy (non-hydrogen) atoms. The summed E-state index contributed by atoms with van der Waals surface area (Å²) >= 11 is 6.02. The Kier molecular flexibility index (Phi) is 6.54. The van der Waals surface area contributed by atoms with Crippen molar-refractivity contribution in [3.8, 4) is 5.75 Å². The molecule has 0 aliphatic rings. The standard InChI is InChI=1S/C18H20ClN3O4/c1-21(2)17(12-5-4-6-14(9-12)26-3)11-20-18(23)15-8-7-13(22(24)25)10-16(15)19/h4-10,17H,11H2,1-3H3,(H,20,23)/p+1/t17-/m0/s1. The van der Waals surface area contributed by atoms with E-state index in [1.807, 2.05) is 38.4 Å². The van der Waals surface area contributed by atoms with Crippen LogP contribution in [0, 0.1) is 10.1 Å². The number of likely N-dealkylation sites (N-methyl/N-ethyl adjacent to an activating group) is 1. The summed E-state index contributed by atoms with van der Waals surface area (Å²) in [5.41, 5.74) is 1.08. The molecule has 0 fully saturated rings. The number of carbonyl (C=O) groups excluding carboxylic acids is 1. The van der Waals surface area contributed by atoms with Crippen LogP contribution < -0.4 is 15.0 Å². The number of non-ortho nitro benzene ring substituents is 1. The van der Waals surface area contributed by atoms with Gasteiger partial charge in [0.15, 0.2) is 0 Å². The number of nitro benzene ring substituents is 1. The Labute approximate surface area is 156 Å². The van der Waals surface area contributed by atoms with Gasteiger partial charge in [-0.05, 0) is 18.2 Å². The van der Waals surface area contributed by atoms with E-state index in [1.165, 1.54) is 18.2 Å². The van der Waals surface area contributed by atoms with E-state index in [4.69, 9.17) is 16.3 Å². The lowest BCUT2D eigenvalue weighted by Crippen LogP contribution is -3.07. The third kappa shape index (κ3) is 4.71. The van der Waals surface area contributed by atoms with E-state index in [2.05, 4.69) is 5.32 Å². The van der Waals surface area contributed by atoms with Crippen LogP contribution in [0.1, 0.15) is 22.0 Å². The summed E-state index contributed by atoms with van der Waals surface area (Å²) in [4.78, 5) is 23.8. The summed E-state index contributed by atoms with van der Waals surface area (Å²) in [7, 11) is 5.60. The summed E-state index contributed by atoms with van der Waals surface area (Å²) in [6.07, 6.45) is 0. The molecule has 0 spiro atoms. The van der Waals surface area contributed by atoms with Gasteiger partial charge in [-0.1, -0.05) is 23.7 Å². The highest BCUT2D eigenvalue weighted by Gasteiger charge is 2.21. The Hall–Kier alpha value is -2.64. The molecule has 2 rings (SSSR count). The number of hydrogen-bond donors (Lipinski definition) is 2. The first-order valence-electron chi connectivity index (χ1n) is 7.99. The van der Waals surface area contributed by atoms with Crippen LogP contribution in [-0.4, -0.2) is 38.6 Å². The van der Waals surface area contributed by atoms with Crippen LogP contribution in [0.15, 0.2) is 42.5 Å². The predicted molar refractivity (Wildman–Crippen MR) is 99.0 cm³/mol. The van der Waals surface area contributed by atoms with Crippen LogP contribution in [0.25, 0.3) is 0 Å². The van der Waals surface area contributed by atoms with Crippen molar-refractivity contribution in [2.24, 2.45) is 0 Å². The average Bonchev–Trinajstić information content (AvgIpc) is 2.61. The van der Waals surface area contributed by atoms with Gasteiger partial charge in [0.2, 0.25) is 0 Å². The Morgan fingerprint density at radius 2 is 2.04 bits per heavy atom. The molecule has 1 amide bonds. The summed E-state index contributed by atoms with van der Waals surface area (Å²) in [5, 5.41) is 13.7. The van der Waals surface area contributed by atoms with Crippen molar-refractivity contribution in [1.82, 2.24) is 5.32 Å². The zero-order valence-electron chi connectivity index (χ0n) is 14.8. The Morgan fingerprint density at radius 1 is 1.31 bits per heavy atom. The molecule has 0 unspecified atom stereocenters. The molecule has 2 N–H and O–H groups in total. The number of carbonyl (C=O) groups is 1. The zero-order valence-corrected chi connectivity index (χ0v) is 15.5. The van der Waals surface area contributed by atoms with Gasteiger partial charge in [0.25, 0.3) is 11.6 Å². The first kappa shape index (κ1) is 19.7. The summed E-state index contributed by atoms with van der Waals surface area (Å²) in [6, 6.07) is 11.5. The van der Waals surface area contributed by atoms with Crippen molar-refractivity contribution in [3.05, 3.63) is 68.7 Å². The number of halogens is 1. The van der Waals surface area contributed by atoms with Gasteiger partial charge in [-0.2, -0.15) is 0 Å². The lowest BCUT2D eigenvalue weighted by molar-refractivity contribution is -0.890. The highest BCUT2D eigenvalue weighted by Crippen LogP contribution is 2.22. The smallest absolute Gasteiger partial charge is 0.270 e. The molecule has 2 aromatic carbocycles. The number of amides is 1. The lowest BCUT2D eigenvalue weighted by atomic mass is 10.1. The van der Waals surface area contributed by atoms with Gasteiger partial charge in [0, 0.05) is 17.7 Å². The highest BCUT2D eigenvalue weighted by atomic mass is 35.5. The second-order valence-corrected chi connectivity index (χ2v) is 6.45. The molecular formula is C18H21ClN3O4+. The molecule has 0 aromatic heterocycles. The monoisotopic (exact) mass is 378 g/mol. The molecule has 0 aliphatic carbocycles. The number of nitro groups is 1. The number of hydrogen-bond acceptors (Lipinski definition) is 4. The van der Waals surface area contributed by atoms with E-state index in [9.17, 15) is 14.9 Å². The molecule has 0 aliphatic heterocycles. The van der Waals surface area contributed by atoms with E-state index in [1.54, 1.807) is 7.11 Å². The minimum absolute atomic E-state index is 0.00544. The van der Waals surface area contributed by atoms with Gasteiger partial charge < -0.3 is 15.0 Å². The van der Waals surface area contributed by atoms with Gasteiger partial charge in [0.05, 0.1) is 43.3 Å². The third-order valence-corrected chi connectivity index (χ3v) is 4.38. The number of quaternary nitrogens is 1. The van der Waals surface area contributed by atoms with Crippen molar-refractivity contribution >= 4 is 23.2 Å². The summed E-state index contributed by atoms with van der Waals surface area (Å²) < 4.78 is 5.26. The van der Waals surface area contributed by atoms with Crippen LogP contribution in [0.5, 0.6) is 5.75 Å². The molecule has 0 bridgehead atoms. The van der Waals surface area contributed by atoms with Crippen molar-refractivity contribution in [1.29, 1.82) is 0 Å². The maximum atomic E-state index is 12.4. The van der Waals surface area contributed by atoms with Gasteiger partial charge in [-0.3, -0.25) is 14.9 Å². The minimum atomic E-state index is -0.554. The van der Waals surface area contributed by atoms with E-state index in [-0.39, 0.29) is 28.2 Å². The largest absolute Gasteiger partial charge is 0.497 e. The normalized spacial score (nSPS) is 11.9.